The van der Waals surface area contributed by atoms with Gasteiger partial charge >= 0.3 is 5.97 Å². The van der Waals surface area contributed by atoms with Crippen LogP contribution >= 0.6 is 0 Å². The molecule has 2 rings (SSSR count). The summed E-state index contributed by atoms with van der Waals surface area (Å²) in [5.74, 6) is -4.72. The number of unbranched alkanes of at least 4 members (excludes halogenated alkanes) is 2. The molecule has 0 aromatic rings. The van der Waals surface area contributed by atoms with Crippen LogP contribution in [0.5, 0.6) is 0 Å². The number of hydrogen-bond donors (Lipinski definition) is 4. The molecule has 2 aliphatic heterocycles. The predicted molar refractivity (Wildman–Crippen MR) is 82.0 cm³/mol. The monoisotopic (exact) mass is 348 g/mol. The van der Waals surface area contributed by atoms with E-state index in [0.717, 1.165) is 0 Å². The van der Waals surface area contributed by atoms with Crippen LogP contribution in [0.15, 0.2) is 0 Å². The van der Waals surface area contributed by atoms with Crippen molar-refractivity contribution < 1.29 is 39.4 Å². The van der Waals surface area contributed by atoms with E-state index in [9.17, 15) is 15.0 Å². The summed E-state index contributed by atoms with van der Waals surface area (Å²) in [6.45, 7) is 0.344. The van der Waals surface area contributed by atoms with Gasteiger partial charge in [-0.25, -0.2) is 0 Å². The fourth-order valence-corrected chi connectivity index (χ4v) is 3.55. The van der Waals surface area contributed by atoms with Crippen molar-refractivity contribution in [1.29, 1.82) is 0 Å². The SMILES string of the molecule is O=C(O)C1C2CCC(O2)C1C(O)(OCCCCO)OCCCCO. The molecule has 0 aliphatic carbocycles. The molecule has 2 saturated heterocycles. The van der Waals surface area contributed by atoms with Crippen LogP contribution in [-0.4, -0.2) is 71.0 Å². The zero-order valence-corrected chi connectivity index (χ0v) is 13.8. The first-order valence-corrected chi connectivity index (χ1v) is 8.63. The smallest absolute Gasteiger partial charge is 0.309 e. The fourth-order valence-electron chi connectivity index (χ4n) is 3.55. The molecule has 8 nitrogen and oxygen atoms in total. The molecule has 0 aromatic carbocycles. The Morgan fingerprint density at radius 2 is 1.54 bits per heavy atom. The number of aliphatic carboxylic acids is 1. The van der Waals surface area contributed by atoms with Gasteiger partial charge in [-0.1, -0.05) is 0 Å². The standard InChI is InChI=1S/C16H28O8/c17-7-1-3-9-22-16(21,23-10-4-2-8-18)14-12-6-5-11(24-12)13(14)15(19)20/h11-14,17-18,21H,1-10H2,(H,19,20). The van der Waals surface area contributed by atoms with Gasteiger partial charge in [0.25, 0.3) is 5.97 Å². The minimum Gasteiger partial charge on any atom is -0.481 e. The summed E-state index contributed by atoms with van der Waals surface area (Å²) in [6, 6.07) is 0. The summed E-state index contributed by atoms with van der Waals surface area (Å²) < 4.78 is 16.8. The van der Waals surface area contributed by atoms with Gasteiger partial charge in [-0.15, -0.1) is 0 Å². The van der Waals surface area contributed by atoms with Crippen molar-refractivity contribution in [3.63, 3.8) is 0 Å². The molecule has 2 fully saturated rings. The Bertz CT molecular complexity index is 390. The largest absolute Gasteiger partial charge is 0.481 e. The van der Waals surface area contributed by atoms with E-state index in [2.05, 4.69) is 0 Å². The first-order chi connectivity index (χ1) is 11.5. The van der Waals surface area contributed by atoms with Crippen LogP contribution in [0.1, 0.15) is 38.5 Å². The number of rotatable bonds is 12. The Morgan fingerprint density at radius 1 is 1.00 bits per heavy atom. The summed E-state index contributed by atoms with van der Waals surface area (Å²) >= 11 is 0. The molecular formula is C16H28O8. The minimum atomic E-state index is -2.03. The molecule has 140 valence electrons. The number of ether oxygens (including phenoxy) is 3. The van der Waals surface area contributed by atoms with Crippen LogP contribution in [0, 0.1) is 11.8 Å². The van der Waals surface area contributed by atoms with Gasteiger partial charge in [-0.05, 0) is 38.5 Å². The quantitative estimate of drug-likeness (QED) is 0.289. The molecule has 0 aromatic heterocycles. The van der Waals surface area contributed by atoms with Crippen molar-refractivity contribution >= 4 is 5.97 Å². The molecule has 0 spiro atoms. The molecular weight excluding hydrogens is 320 g/mol. The molecule has 2 heterocycles. The lowest BCUT2D eigenvalue weighted by Gasteiger charge is -2.38. The van der Waals surface area contributed by atoms with Gasteiger partial charge in [-0.3, -0.25) is 4.79 Å². The third-order valence-corrected chi connectivity index (χ3v) is 4.70. The average molecular weight is 348 g/mol. The Hall–Kier alpha value is -0.770. The van der Waals surface area contributed by atoms with E-state index in [-0.39, 0.29) is 26.4 Å². The molecule has 4 N–H and O–H groups in total. The molecule has 24 heavy (non-hydrogen) atoms. The molecule has 2 aliphatic rings. The molecule has 2 bridgehead atoms. The first-order valence-electron chi connectivity index (χ1n) is 8.63. The normalized spacial score (nSPS) is 29.3. The van der Waals surface area contributed by atoms with Crippen LogP contribution in [0.2, 0.25) is 0 Å². The lowest BCUT2D eigenvalue weighted by molar-refractivity contribution is -0.394. The van der Waals surface area contributed by atoms with Crippen molar-refractivity contribution in [2.24, 2.45) is 11.8 Å². The summed E-state index contributed by atoms with van der Waals surface area (Å²) in [5.41, 5.74) is 0. The second kappa shape index (κ2) is 9.07. The highest BCUT2D eigenvalue weighted by molar-refractivity contribution is 5.72. The lowest BCUT2D eigenvalue weighted by Crippen LogP contribution is -2.53. The number of aliphatic hydroxyl groups is 3. The number of hydrogen-bond acceptors (Lipinski definition) is 7. The van der Waals surface area contributed by atoms with Gasteiger partial charge in [0.15, 0.2) is 0 Å². The minimum absolute atomic E-state index is 0.0220. The summed E-state index contributed by atoms with van der Waals surface area (Å²) in [4.78, 5) is 11.6. The summed E-state index contributed by atoms with van der Waals surface area (Å²) in [5, 5.41) is 38.1. The van der Waals surface area contributed by atoms with Crippen LogP contribution in [0.4, 0.5) is 0 Å². The highest BCUT2D eigenvalue weighted by Crippen LogP contribution is 2.49. The fraction of sp³-hybridized carbons (Fsp3) is 0.938. The van der Waals surface area contributed by atoms with Gasteiger partial charge in [0.05, 0.1) is 37.3 Å². The van der Waals surface area contributed by atoms with Gasteiger partial charge < -0.3 is 34.6 Å². The predicted octanol–water partition coefficient (Wildman–Crippen LogP) is 0.0889. The second-order valence-corrected chi connectivity index (χ2v) is 6.37. The lowest BCUT2D eigenvalue weighted by atomic mass is 9.77. The van der Waals surface area contributed by atoms with E-state index in [1.54, 1.807) is 0 Å². The van der Waals surface area contributed by atoms with Gasteiger partial charge in [-0.2, -0.15) is 0 Å². The molecule has 0 amide bonds. The number of carboxylic acids is 1. The third-order valence-electron chi connectivity index (χ3n) is 4.70. The van der Waals surface area contributed by atoms with Gasteiger partial charge in [0.1, 0.15) is 0 Å². The first kappa shape index (κ1) is 19.6. The maximum Gasteiger partial charge on any atom is 0.309 e. The average Bonchev–Trinajstić information content (AvgIpc) is 3.17. The van der Waals surface area contributed by atoms with Crippen molar-refractivity contribution in [2.45, 2.75) is 56.7 Å². The van der Waals surface area contributed by atoms with E-state index in [1.807, 2.05) is 0 Å². The number of carboxylic acid groups (broad SMARTS) is 1. The zero-order chi connectivity index (χ0) is 17.6. The maximum absolute atomic E-state index is 11.6. The Morgan fingerprint density at radius 3 is 2.04 bits per heavy atom. The molecule has 8 heteroatoms. The van der Waals surface area contributed by atoms with E-state index in [1.165, 1.54) is 0 Å². The van der Waals surface area contributed by atoms with Crippen LogP contribution in [0.25, 0.3) is 0 Å². The van der Waals surface area contributed by atoms with E-state index in [4.69, 9.17) is 24.4 Å². The van der Waals surface area contributed by atoms with Crippen molar-refractivity contribution in [2.75, 3.05) is 26.4 Å². The second-order valence-electron chi connectivity index (χ2n) is 6.37. The van der Waals surface area contributed by atoms with Crippen molar-refractivity contribution in [3.05, 3.63) is 0 Å². The number of fused-ring (bicyclic) bond motifs is 2. The highest BCUT2D eigenvalue weighted by Gasteiger charge is 2.62. The molecule has 4 unspecified atom stereocenters. The van der Waals surface area contributed by atoms with E-state index < -0.39 is 36.0 Å². The van der Waals surface area contributed by atoms with Crippen LogP contribution in [0.3, 0.4) is 0 Å². The summed E-state index contributed by atoms with van der Waals surface area (Å²) in [6.07, 6.45) is 2.59. The maximum atomic E-state index is 11.6. The van der Waals surface area contributed by atoms with Crippen LogP contribution in [-0.2, 0) is 19.0 Å². The van der Waals surface area contributed by atoms with Gasteiger partial charge in [0, 0.05) is 13.2 Å². The number of aliphatic hydroxyl groups excluding tert-OH is 2. The Kier molecular flexibility index (Phi) is 7.39. The molecule has 4 atom stereocenters. The van der Waals surface area contributed by atoms with E-state index >= 15 is 0 Å². The summed E-state index contributed by atoms with van der Waals surface area (Å²) in [7, 11) is 0. The third kappa shape index (κ3) is 4.44. The Labute approximate surface area is 141 Å². The highest BCUT2D eigenvalue weighted by atomic mass is 16.8. The van der Waals surface area contributed by atoms with Crippen LogP contribution < -0.4 is 0 Å². The topological polar surface area (TPSA) is 126 Å². The van der Waals surface area contributed by atoms with E-state index in [0.29, 0.717) is 38.5 Å². The zero-order valence-electron chi connectivity index (χ0n) is 13.8. The molecule has 0 saturated carbocycles. The molecule has 0 radical (unpaired) electrons. The Balaban J connectivity index is 2.06. The number of carbonyl (C=O) groups is 1. The van der Waals surface area contributed by atoms with Gasteiger partial charge in [0.2, 0.25) is 0 Å². The van der Waals surface area contributed by atoms with Crippen molar-refractivity contribution in [1.82, 2.24) is 0 Å². The van der Waals surface area contributed by atoms with Crippen molar-refractivity contribution in [3.8, 4) is 0 Å².